The molecule has 0 atom stereocenters. The highest BCUT2D eigenvalue weighted by Gasteiger charge is 2.18. The van der Waals surface area contributed by atoms with Gasteiger partial charge in [0.05, 0.1) is 0 Å². The number of nitrogen functional groups attached to an aromatic ring is 1. The van der Waals surface area contributed by atoms with E-state index in [0.29, 0.717) is 11.9 Å². The summed E-state index contributed by atoms with van der Waals surface area (Å²) >= 11 is 0. The Morgan fingerprint density at radius 2 is 2.18 bits per heavy atom. The van der Waals surface area contributed by atoms with Crippen molar-refractivity contribution >= 4 is 11.6 Å². The first-order chi connectivity index (χ1) is 8.28. The zero-order chi connectivity index (χ0) is 12.1. The van der Waals surface area contributed by atoms with Gasteiger partial charge in [0.15, 0.2) is 0 Å². The normalized spacial score (nSPS) is 18.2. The Hall–Kier alpha value is -1.36. The van der Waals surface area contributed by atoms with E-state index in [4.69, 9.17) is 5.73 Å². The van der Waals surface area contributed by atoms with Crippen LogP contribution in [-0.4, -0.2) is 40.5 Å². The van der Waals surface area contributed by atoms with Crippen LogP contribution in [0.25, 0.3) is 0 Å². The molecule has 0 radical (unpaired) electrons. The van der Waals surface area contributed by atoms with Crippen molar-refractivity contribution in [2.75, 3.05) is 30.7 Å². The van der Waals surface area contributed by atoms with Crippen LogP contribution in [-0.2, 0) is 0 Å². The summed E-state index contributed by atoms with van der Waals surface area (Å²) in [6.45, 7) is 5.79. The minimum absolute atomic E-state index is 0.511. The predicted octanol–water partition coefficient (Wildman–Crippen LogP) is 1.35. The van der Waals surface area contributed by atoms with E-state index in [0.717, 1.165) is 5.82 Å². The van der Waals surface area contributed by atoms with E-state index in [1.165, 1.54) is 45.2 Å². The number of piperidine rings is 1. The number of aromatic nitrogens is 2. The second-order valence-electron chi connectivity index (χ2n) is 4.59. The highest BCUT2D eigenvalue weighted by molar-refractivity contribution is 5.43. The van der Waals surface area contributed by atoms with Gasteiger partial charge in [-0.05, 0) is 25.8 Å². The molecule has 2 rings (SSSR count). The summed E-state index contributed by atoms with van der Waals surface area (Å²) in [5, 5.41) is 3.43. The molecule has 0 spiro atoms. The first kappa shape index (κ1) is 12.1. The number of rotatable bonds is 4. The Bertz CT molecular complexity index is 347. The number of nitrogens with two attached hydrogens (primary N) is 1. The number of hydrogen-bond acceptors (Lipinski definition) is 5. The minimum atomic E-state index is 0.511. The van der Waals surface area contributed by atoms with Crippen molar-refractivity contribution in [3.05, 3.63) is 12.4 Å². The molecule has 17 heavy (non-hydrogen) atoms. The summed E-state index contributed by atoms with van der Waals surface area (Å²) in [6, 6.07) is 2.30. The molecule has 0 amide bonds. The summed E-state index contributed by atoms with van der Waals surface area (Å²) in [5.41, 5.74) is 5.63. The standard InChI is InChI=1S/C12H21N5/c1-2-5-17-6-3-10(4-7-17)16-12-8-11(13)14-9-15-12/h8-10H,2-7H2,1H3,(H3,13,14,15,16). The Kier molecular flexibility index (Phi) is 4.14. The topological polar surface area (TPSA) is 67.1 Å². The Morgan fingerprint density at radius 1 is 1.41 bits per heavy atom. The summed E-state index contributed by atoms with van der Waals surface area (Å²) in [7, 11) is 0. The fourth-order valence-electron chi connectivity index (χ4n) is 2.28. The van der Waals surface area contributed by atoms with Crippen LogP contribution < -0.4 is 11.1 Å². The molecule has 1 fully saturated rings. The summed E-state index contributed by atoms with van der Waals surface area (Å²) in [6.07, 6.45) is 5.08. The van der Waals surface area contributed by atoms with E-state index in [-0.39, 0.29) is 0 Å². The van der Waals surface area contributed by atoms with Crippen molar-refractivity contribution < 1.29 is 0 Å². The minimum Gasteiger partial charge on any atom is -0.384 e. The van der Waals surface area contributed by atoms with Crippen LogP contribution in [0.1, 0.15) is 26.2 Å². The summed E-state index contributed by atoms with van der Waals surface area (Å²) in [5.74, 6) is 1.36. The van der Waals surface area contributed by atoms with Crippen molar-refractivity contribution in [3.63, 3.8) is 0 Å². The molecule has 0 unspecified atom stereocenters. The maximum absolute atomic E-state index is 5.63. The van der Waals surface area contributed by atoms with Crippen LogP contribution >= 0.6 is 0 Å². The third-order valence-electron chi connectivity index (χ3n) is 3.17. The zero-order valence-electron chi connectivity index (χ0n) is 10.4. The monoisotopic (exact) mass is 235 g/mol. The number of nitrogens with one attached hydrogen (secondary N) is 1. The Balaban J connectivity index is 1.82. The number of likely N-dealkylation sites (tertiary alicyclic amines) is 1. The SMILES string of the molecule is CCCN1CCC(Nc2cc(N)ncn2)CC1. The van der Waals surface area contributed by atoms with Gasteiger partial charge in [-0.25, -0.2) is 9.97 Å². The van der Waals surface area contributed by atoms with Crippen LogP contribution in [0.2, 0.25) is 0 Å². The molecular formula is C12H21N5. The first-order valence-electron chi connectivity index (χ1n) is 6.34. The fourth-order valence-corrected chi connectivity index (χ4v) is 2.28. The molecule has 3 N–H and O–H groups in total. The molecule has 1 aliphatic heterocycles. The molecule has 0 saturated carbocycles. The molecule has 5 heteroatoms. The largest absolute Gasteiger partial charge is 0.384 e. The van der Waals surface area contributed by atoms with E-state index in [2.05, 4.69) is 27.1 Å². The van der Waals surface area contributed by atoms with E-state index in [1.807, 2.05) is 0 Å². The van der Waals surface area contributed by atoms with Gasteiger partial charge in [0.25, 0.3) is 0 Å². The summed E-state index contributed by atoms with van der Waals surface area (Å²) in [4.78, 5) is 10.6. The van der Waals surface area contributed by atoms with Gasteiger partial charge in [-0.2, -0.15) is 0 Å². The number of nitrogens with zero attached hydrogens (tertiary/aromatic N) is 3. The van der Waals surface area contributed by atoms with Crippen molar-refractivity contribution in [3.8, 4) is 0 Å². The zero-order valence-corrected chi connectivity index (χ0v) is 10.4. The van der Waals surface area contributed by atoms with Gasteiger partial charge in [-0.1, -0.05) is 6.92 Å². The molecule has 0 aromatic carbocycles. The van der Waals surface area contributed by atoms with Gasteiger partial charge in [0.2, 0.25) is 0 Å². The highest BCUT2D eigenvalue weighted by Crippen LogP contribution is 2.15. The molecule has 0 aliphatic carbocycles. The van der Waals surface area contributed by atoms with E-state index in [9.17, 15) is 0 Å². The lowest BCUT2D eigenvalue weighted by atomic mass is 10.0. The number of hydrogen-bond donors (Lipinski definition) is 2. The third kappa shape index (κ3) is 3.56. The average molecular weight is 235 g/mol. The van der Waals surface area contributed by atoms with Gasteiger partial charge in [0.1, 0.15) is 18.0 Å². The Labute approximate surface area is 102 Å². The second-order valence-corrected chi connectivity index (χ2v) is 4.59. The van der Waals surface area contributed by atoms with Gasteiger partial charge in [0, 0.05) is 25.2 Å². The molecule has 2 heterocycles. The predicted molar refractivity (Wildman–Crippen MR) is 69.8 cm³/mol. The lowest BCUT2D eigenvalue weighted by molar-refractivity contribution is 0.219. The summed E-state index contributed by atoms with van der Waals surface area (Å²) < 4.78 is 0. The van der Waals surface area contributed by atoms with E-state index >= 15 is 0 Å². The molecule has 1 saturated heterocycles. The van der Waals surface area contributed by atoms with Crippen molar-refractivity contribution in [1.82, 2.24) is 14.9 Å². The lowest BCUT2D eigenvalue weighted by Gasteiger charge is -2.32. The molecular weight excluding hydrogens is 214 g/mol. The van der Waals surface area contributed by atoms with Gasteiger partial charge >= 0.3 is 0 Å². The second kappa shape index (κ2) is 5.82. The molecule has 1 aliphatic rings. The van der Waals surface area contributed by atoms with Crippen molar-refractivity contribution in [1.29, 1.82) is 0 Å². The average Bonchev–Trinajstić information content (AvgIpc) is 2.32. The maximum Gasteiger partial charge on any atom is 0.131 e. The van der Waals surface area contributed by atoms with Crippen LogP contribution in [0.3, 0.4) is 0 Å². The first-order valence-corrected chi connectivity index (χ1v) is 6.34. The van der Waals surface area contributed by atoms with Gasteiger partial charge in [-0.15, -0.1) is 0 Å². The third-order valence-corrected chi connectivity index (χ3v) is 3.17. The molecule has 0 bridgehead atoms. The van der Waals surface area contributed by atoms with Crippen LogP contribution in [0.4, 0.5) is 11.6 Å². The molecule has 1 aromatic rings. The smallest absolute Gasteiger partial charge is 0.131 e. The maximum atomic E-state index is 5.63. The van der Waals surface area contributed by atoms with Crippen molar-refractivity contribution in [2.45, 2.75) is 32.2 Å². The van der Waals surface area contributed by atoms with Crippen LogP contribution in [0.15, 0.2) is 12.4 Å². The van der Waals surface area contributed by atoms with E-state index < -0.39 is 0 Å². The quantitative estimate of drug-likeness (QED) is 0.824. The Morgan fingerprint density at radius 3 is 2.82 bits per heavy atom. The van der Waals surface area contributed by atoms with Crippen LogP contribution in [0.5, 0.6) is 0 Å². The molecule has 94 valence electrons. The van der Waals surface area contributed by atoms with Crippen LogP contribution in [0, 0.1) is 0 Å². The van der Waals surface area contributed by atoms with E-state index in [1.54, 1.807) is 6.07 Å². The highest BCUT2D eigenvalue weighted by atomic mass is 15.1. The van der Waals surface area contributed by atoms with Crippen molar-refractivity contribution in [2.24, 2.45) is 0 Å². The van der Waals surface area contributed by atoms with Gasteiger partial charge < -0.3 is 16.0 Å². The fraction of sp³-hybridized carbons (Fsp3) is 0.667. The lowest BCUT2D eigenvalue weighted by Crippen LogP contribution is -2.39. The van der Waals surface area contributed by atoms with Gasteiger partial charge in [-0.3, -0.25) is 0 Å². The number of anilines is 2. The molecule has 5 nitrogen and oxygen atoms in total. The molecule has 1 aromatic heterocycles.